The highest BCUT2D eigenvalue weighted by Gasteiger charge is 2.54. The number of para-hydroxylation sites is 1. The number of carbonyl (C=O) groups excluding carboxylic acids is 6. The minimum absolute atomic E-state index is 0.0224. The fourth-order valence-corrected chi connectivity index (χ4v) is 6.07. The van der Waals surface area contributed by atoms with Gasteiger partial charge < -0.3 is 28.8 Å². The van der Waals surface area contributed by atoms with Crippen molar-refractivity contribution < 1.29 is 57.6 Å². The van der Waals surface area contributed by atoms with Crippen molar-refractivity contribution in [2.24, 2.45) is 4.99 Å². The number of rotatable bonds is 10. The van der Waals surface area contributed by atoms with Gasteiger partial charge in [-0.1, -0.05) is 25.1 Å². The van der Waals surface area contributed by atoms with Gasteiger partial charge in [0, 0.05) is 50.3 Å². The SMILES string of the molecule is CCCC(=O)c1ccc2c(c1)=C(c1c(O)n([C@@H]3O[C@H](COC(C)=O)[C@@H](OC(C)=O)[C@H](OC(C)=O)[C@H]3OC(C)=O)c3ccccc13)C(=O)N=2. The first kappa shape index (κ1) is 34.0. The largest absolute Gasteiger partial charge is 0.494 e. The normalized spacial score (nSPS) is 21.6. The first-order valence-electron chi connectivity index (χ1n) is 15.3. The summed E-state index contributed by atoms with van der Waals surface area (Å²) in [4.78, 5) is 79.2. The highest BCUT2D eigenvalue weighted by Crippen LogP contribution is 2.43. The Morgan fingerprint density at radius 2 is 1.52 bits per heavy atom. The number of nitrogens with zero attached hydrogens (tertiary/aromatic N) is 2. The Hall–Kier alpha value is -5.37. The van der Waals surface area contributed by atoms with E-state index in [0.717, 1.165) is 27.7 Å². The molecule has 0 aliphatic carbocycles. The number of aromatic hydroxyl groups is 1. The number of benzene rings is 2. The zero-order valence-corrected chi connectivity index (χ0v) is 26.9. The summed E-state index contributed by atoms with van der Waals surface area (Å²) in [5, 5.41) is 13.1. The van der Waals surface area contributed by atoms with E-state index in [1.807, 2.05) is 6.92 Å². The molecule has 0 saturated carbocycles. The summed E-state index contributed by atoms with van der Waals surface area (Å²) in [5.41, 5.74) is 0.763. The van der Waals surface area contributed by atoms with Gasteiger partial charge in [0.15, 0.2) is 30.3 Å². The molecular formula is C34H34N2O12. The van der Waals surface area contributed by atoms with E-state index in [9.17, 15) is 33.9 Å². The van der Waals surface area contributed by atoms with E-state index in [4.69, 9.17) is 23.7 Å². The van der Waals surface area contributed by atoms with E-state index in [2.05, 4.69) is 4.99 Å². The predicted molar refractivity (Wildman–Crippen MR) is 165 cm³/mol. The second-order valence-electron chi connectivity index (χ2n) is 11.4. The van der Waals surface area contributed by atoms with Gasteiger partial charge >= 0.3 is 23.9 Å². The van der Waals surface area contributed by atoms with Crippen LogP contribution in [-0.4, -0.2) is 76.3 Å². The molecule has 0 spiro atoms. The third kappa shape index (κ3) is 6.56. The number of hydrogen-bond acceptors (Lipinski definition) is 12. The van der Waals surface area contributed by atoms with Crippen molar-refractivity contribution in [2.75, 3.05) is 6.61 Å². The summed E-state index contributed by atoms with van der Waals surface area (Å²) < 4.78 is 29.4. The number of amides is 1. The lowest BCUT2D eigenvalue weighted by molar-refractivity contribution is -0.268. The Bertz CT molecular complexity index is 1960. The molecule has 2 aliphatic heterocycles. The molecule has 1 N–H and O–H groups in total. The molecule has 1 saturated heterocycles. The summed E-state index contributed by atoms with van der Waals surface area (Å²) in [6.07, 6.45) is -6.29. The summed E-state index contributed by atoms with van der Waals surface area (Å²) in [6, 6.07) is 11.3. The van der Waals surface area contributed by atoms with Gasteiger partial charge in [-0.3, -0.25) is 33.3 Å². The van der Waals surface area contributed by atoms with E-state index in [1.165, 1.54) is 4.57 Å². The van der Waals surface area contributed by atoms with Gasteiger partial charge in [-0.25, -0.2) is 4.99 Å². The summed E-state index contributed by atoms with van der Waals surface area (Å²) in [6.45, 7) is 5.88. The standard InChI is InChI=1S/C34H34N2O12/c1-6-9-25(41)20-12-13-23-22(14-20)27(32(42)35-23)28-21-10-7-8-11-24(21)36(33(28)43)34-31(47-19(5)40)30(46-18(4)39)29(45-17(3)38)26(48-34)15-44-16(2)37/h7-8,10-14,26,29-31,34,43H,6,9,15H2,1-5H3/t26-,29-,30+,31-,34-/m1/s1. The Morgan fingerprint density at radius 3 is 2.17 bits per heavy atom. The number of ketones is 1. The quantitative estimate of drug-likeness (QED) is 0.189. The van der Waals surface area contributed by atoms with Gasteiger partial charge in [-0.2, -0.15) is 0 Å². The van der Waals surface area contributed by atoms with Crippen molar-refractivity contribution in [3.63, 3.8) is 0 Å². The van der Waals surface area contributed by atoms with Crippen molar-refractivity contribution in [3.05, 3.63) is 64.2 Å². The van der Waals surface area contributed by atoms with E-state index < -0.39 is 72.9 Å². The molecule has 2 aromatic carbocycles. The van der Waals surface area contributed by atoms with Crippen LogP contribution in [0.25, 0.3) is 16.5 Å². The molecule has 3 aromatic rings. The average molecular weight is 663 g/mol. The molecule has 3 heterocycles. The molecule has 14 nitrogen and oxygen atoms in total. The highest BCUT2D eigenvalue weighted by atomic mass is 16.7. The van der Waals surface area contributed by atoms with Crippen molar-refractivity contribution in [2.45, 2.75) is 78.1 Å². The maximum atomic E-state index is 13.5. The number of carbonyl (C=O) groups is 6. The molecule has 1 amide bonds. The molecule has 0 radical (unpaired) electrons. The van der Waals surface area contributed by atoms with Crippen LogP contribution in [0.2, 0.25) is 0 Å². The van der Waals surface area contributed by atoms with E-state index in [-0.39, 0.29) is 16.9 Å². The Morgan fingerprint density at radius 1 is 0.875 bits per heavy atom. The van der Waals surface area contributed by atoms with Crippen molar-refractivity contribution in [1.82, 2.24) is 4.57 Å². The van der Waals surface area contributed by atoms with Gasteiger partial charge in [0.2, 0.25) is 5.88 Å². The summed E-state index contributed by atoms with van der Waals surface area (Å²) in [7, 11) is 0. The maximum absolute atomic E-state index is 13.5. The smallest absolute Gasteiger partial charge is 0.303 e. The maximum Gasteiger partial charge on any atom is 0.303 e. The second-order valence-corrected chi connectivity index (χ2v) is 11.4. The Balaban J connectivity index is 1.77. The van der Waals surface area contributed by atoms with Gasteiger partial charge in [0.05, 0.1) is 22.0 Å². The number of Topliss-reactive ketones (excluding diaryl/α,β-unsaturated/α-hetero) is 1. The number of ether oxygens (including phenoxy) is 5. The molecule has 5 rings (SSSR count). The van der Waals surface area contributed by atoms with Crippen LogP contribution in [0, 0.1) is 0 Å². The van der Waals surface area contributed by atoms with Gasteiger partial charge in [-0.15, -0.1) is 0 Å². The zero-order valence-electron chi connectivity index (χ0n) is 26.9. The third-order valence-corrected chi connectivity index (χ3v) is 7.86. The number of aromatic nitrogens is 1. The molecule has 5 atom stereocenters. The van der Waals surface area contributed by atoms with Crippen LogP contribution >= 0.6 is 0 Å². The van der Waals surface area contributed by atoms with Crippen LogP contribution in [-0.2, 0) is 47.7 Å². The first-order valence-corrected chi connectivity index (χ1v) is 15.3. The topological polar surface area (TPSA) is 186 Å². The first-order chi connectivity index (χ1) is 22.8. The van der Waals surface area contributed by atoms with Gasteiger partial charge in [0.1, 0.15) is 12.7 Å². The number of fused-ring (bicyclic) bond motifs is 2. The fourth-order valence-electron chi connectivity index (χ4n) is 6.07. The molecule has 252 valence electrons. The molecule has 0 unspecified atom stereocenters. The lowest BCUT2D eigenvalue weighted by Crippen LogP contribution is -2.60. The predicted octanol–water partition coefficient (Wildman–Crippen LogP) is 1.94. The molecule has 1 aromatic heterocycles. The van der Waals surface area contributed by atoms with Crippen LogP contribution in [0.5, 0.6) is 5.88 Å². The summed E-state index contributed by atoms with van der Waals surface area (Å²) >= 11 is 0. The minimum atomic E-state index is -1.53. The van der Waals surface area contributed by atoms with Crippen LogP contribution < -0.4 is 10.6 Å². The number of hydrogen-bond donors (Lipinski definition) is 1. The van der Waals surface area contributed by atoms with Crippen LogP contribution in [0.4, 0.5) is 0 Å². The van der Waals surface area contributed by atoms with Crippen molar-refractivity contribution >= 4 is 52.0 Å². The van der Waals surface area contributed by atoms with E-state index in [1.54, 1.807) is 42.5 Å². The van der Waals surface area contributed by atoms with Crippen molar-refractivity contribution in [1.29, 1.82) is 0 Å². The molecule has 2 aliphatic rings. The third-order valence-electron chi connectivity index (χ3n) is 7.86. The summed E-state index contributed by atoms with van der Waals surface area (Å²) in [5.74, 6) is -4.40. The van der Waals surface area contributed by atoms with Gasteiger partial charge in [0.25, 0.3) is 5.91 Å². The highest BCUT2D eigenvalue weighted by molar-refractivity contribution is 6.25. The second kappa shape index (κ2) is 13.8. The molecule has 48 heavy (non-hydrogen) atoms. The van der Waals surface area contributed by atoms with E-state index >= 15 is 0 Å². The fraction of sp³-hybridized carbons (Fsp3) is 0.382. The molecule has 1 fully saturated rings. The Labute approximate surface area is 273 Å². The van der Waals surface area contributed by atoms with Crippen LogP contribution in [0.15, 0.2) is 47.5 Å². The zero-order chi connectivity index (χ0) is 34.9. The minimum Gasteiger partial charge on any atom is -0.494 e. The number of esters is 4. The van der Waals surface area contributed by atoms with Crippen LogP contribution in [0.1, 0.15) is 69.6 Å². The van der Waals surface area contributed by atoms with Crippen molar-refractivity contribution in [3.8, 4) is 5.88 Å². The monoisotopic (exact) mass is 662 g/mol. The Kier molecular flexibility index (Phi) is 9.75. The lowest BCUT2D eigenvalue weighted by atomic mass is 9.97. The molecule has 14 heteroatoms. The van der Waals surface area contributed by atoms with Gasteiger partial charge in [-0.05, 0) is 30.7 Å². The molecule has 0 bridgehead atoms. The average Bonchev–Trinajstić information content (AvgIpc) is 3.48. The molecular weight excluding hydrogens is 628 g/mol. The lowest BCUT2D eigenvalue weighted by Gasteiger charge is -2.45. The van der Waals surface area contributed by atoms with Crippen LogP contribution in [0.3, 0.4) is 0 Å². The van der Waals surface area contributed by atoms with E-state index in [0.29, 0.717) is 39.9 Å².